The van der Waals surface area contributed by atoms with Gasteiger partial charge < -0.3 is 10.1 Å². The average Bonchev–Trinajstić information content (AvgIpc) is 3.03. The molecule has 2 aromatic rings. The number of aromatic amines is 1. The smallest absolute Gasteiger partial charge is 0.308 e. The third kappa shape index (κ3) is 2.24. The number of nitrogens with zero attached hydrogens (tertiary/aromatic N) is 2. The van der Waals surface area contributed by atoms with Crippen LogP contribution in [0.4, 0.5) is 0 Å². The molecule has 4 rings (SSSR count). The highest BCUT2D eigenvalue weighted by Gasteiger charge is 2.56. The van der Waals surface area contributed by atoms with Gasteiger partial charge in [-0.15, -0.1) is 0 Å². The van der Waals surface area contributed by atoms with Gasteiger partial charge in [-0.2, -0.15) is 0 Å². The van der Waals surface area contributed by atoms with Crippen LogP contribution in [0.3, 0.4) is 0 Å². The molecule has 0 saturated carbocycles. The Morgan fingerprint density at radius 2 is 2.21 bits per heavy atom. The maximum atomic E-state index is 12.8. The molecule has 2 N–H and O–H groups in total. The summed E-state index contributed by atoms with van der Waals surface area (Å²) in [4.78, 5) is 45.3. The number of carbonyl (C=O) groups excluding carboxylic acids is 2. The molecule has 0 aliphatic carbocycles. The van der Waals surface area contributed by atoms with E-state index < -0.39 is 17.9 Å². The fourth-order valence-corrected chi connectivity index (χ4v) is 3.96. The van der Waals surface area contributed by atoms with Crippen molar-refractivity contribution in [2.75, 3.05) is 6.54 Å². The third-order valence-corrected chi connectivity index (χ3v) is 5.05. The maximum Gasteiger partial charge on any atom is 0.308 e. The fraction of sp³-hybridized carbons (Fsp3) is 0.412. The van der Waals surface area contributed by atoms with Crippen LogP contribution in [0.2, 0.25) is 0 Å². The highest BCUT2D eigenvalue weighted by Crippen LogP contribution is 2.41. The van der Waals surface area contributed by atoms with Crippen molar-refractivity contribution in [3.8, 4) is 0 Å². The number of pyridine rings is 1. The van der Waals surface area contributed by atoms with E-state index in [-0.39, 0.29) is 24.0 Å². The van der Waals surface area contributed by atoms with Gasteiger partial charge in [0.1, 0.15) is 0 Å². The molecule has 2 fully saturated rings. The van der Waals surface area contributed by atoms with Gasteiger partial charge in [-0.1, -0.05) is 0 Å². The zero-order valence-corrected chi connectivity index (χ0v) is 13.2. The highest BCUT2D eigenvalue weighted by molar-refractivity contribution is 6.09. The standard InChI is InChI=1S/C17H17N3O4/c1-8(21)15-10-2-3-18-6-13(10)19-12(15)5-14(22)16-11(17(23)24)4-9-7-20(9)16/h2-3,6,9,11,16,19H,4-5,7H2,1H3,(H,23,24)/t9-,11+,16?,20?/m1/s1. The molecule has 7 heteroatoms. The van der Waals surface area contributed by atoms with Gasteiger partial charge in [0, 0.05) is 41.8 Å². The van der Waals surface area contributed by atoms with E-state index in [2.05, 4.69) is 9.97 Å². The molecular formula is C17H17N3O4. The first kappa shape index (κ1) is 15.0. The quantitative estimate of drug-likeness (QED) is 0.628. The van der Waals surface area contributed by atoms with Crippen LogP contribution in [0.1, 0.15) is 29.4 Å². The largest absolute Gasteiger partial charge is 0.481 e. The van der Waals surface area contributed by atoms with E-state index in [1.807, 2.05) is 4.90 Å². The summed E-state index contributed by atoms with van der Waals surface area (Å²) in [5.41, 5.74) is 1.74. The predicted octanol–water partition coefficient (Wildman–Crippen LogP) is 1.03. The number of Topliss-reactive ketones (excluding diaryl/α,β-unsaturated/α-hetero) is 2. The lowest BCUT2D eigenvalue weighted by Gasteiger charge is -2.18. The molecule has 24 heavy (non-hydrogen) atoms. The Balaban J connectivity index is 1.67. The lowest BCUT2D eigenvalue weighted by Crippen LogP contribution is -2.38. The van der Waals surface area contributed by atoms with Crippen LogP contribution in [-0.4, -0.2) is 56.1 Å². The van der Waals surface area contributed by atoms with Gasteiger partial charge in [0.25, 0.3) is 0 Å². The van der Waals surface area contributed by atoms with Crippen molar-refractivity contribution in [2.45, 2.75) is 31.8 Å². The first-order valence-corrected chi connectivity index (χ1v) is 7.94. The first-order valence-electron chi connectivity index (χ1n) is 7.94. The average molecular weight is 327 g/mol. The second-order valence-electron chi connectivity index (χ2n) is 6.57. The van der Waals surface area contributed by atoms with E-state index >= 15 is 0 Å². The molecule has 2 unspecified atom stereocenters. The molecule has 0 radical (unpaired) electrons. The number of hydrogen-bond donors (Lipinski definition) is 2. The van der Waals surface area contributed by atoms with E-state index in [0.717, 1.165) is 11.9 Å². The second-order valence-corrected chi connectivity index (χ2v) is 6.57. The minimum atomic E-state index is -0.923. The monoisotopic (exact) mass is 327 g/mol. The summed E-state index contributed by atoms with van der Waals surface area (Å²) in [5, 5.41) is 10.1. The third-order valence-electron chi connectivity index (χ3n) is 5.05. The number of H-pyrrole nitrogens is 1. The minimum absolute atomic E-state index is 0.0290. The minimum Gasteiger partial charge on any atom is -0.481 e. The molecule has 7 nitrogen and oxygen atoms in total. The number of aromatic nitrogens is 2. The summed E-state index contributed by atoms with van der Waals surface area (Å²) >= 11 is 0. The highest BCUT2D eigenvalue weighted by atomic mass is 16.4. The number of aliphatic carboxylic acids is 1. The Morgan fingerprint density at radius 1 is 1.42 bits per heavy atom. The maximum absolute atomic E-state index is 12.8. The summed E-state index contributed by atoms with van der Waals surface area (Å²) in [5.74, 6) is -1.85. The number of carbonyl (C=O) groups is 3. The molecule has 4 heterocycles. The van der Waals surface area contributed by atoms with Gasteiger partial charge >= 0.3 is 5.97 Å². The normalized spacial score (nSPS) is 27.9. The number of hydrogen-bond acceptors (Lipinski definition) is 5. The molecule has 2 aliphatic rings. The second kappa shape index (κ2) is 5.24. The molecule has 0 spiro atoms. The molecule has 2 aromatic heterocycles. The molecule has 0 bridgehead atoms. The van der Waals surface area contributed by atoms with Crippen LogP contribution in [0, 0.1) is 5.92 Å². The predicted molar refractivity (Wildman–Crippen MR) is 84.8 cm³/mol. The van der Waals surface area contributed by atoms with Gasteiger partial charge in [-0.05, 0) is 19.4 Å². The molecule has 124 valence electrons. The Hall–Kier alpha value is -2.54. The first-order chi connectivity index (χ1) is 11.5. The van der Waals surface area contributed by atoms with Gasteiger partial charge in [0.2, 0.25) is 0 Å². The number of nitrogens with one attached hydrogen (secondary N) is 1. The van der Waals surface area contributed by atoms with Gasteiger partial charge in [0.15, 0.2) is 11.6 Å². The lowest BCUT2D eigenvalue weighted by molar-refractivity contribution is -0.145. The van der Waals surface area contributed by atoms with Crippen LogP contribution >= 0.6 is 0 Å². The summed E-state index contributed by atoms with van der Waals surface area (Å²) in [6.07, 6.45) is 3.78. The van der Waals surface area contributed by atoms with Crippen LogP contribution in [0.15, 0.2) is 18.5 Å². The number of carboxylic acids is 1. The SMILES string of the molecule is CC(=O)c1c(CC(=O)C2[C@@H](C(=O)O)C[C@@H]3CN23)[nH]c2cnccc12. The van der Waals surface area contributed by atoms with Crippen molar-refractivity contribution in [3.05, 3.63) is 29.7 Å². The zero-order chi connectivity index (χ0) is 17.0. The van der Waals surface area contributed by atoms with Gasteiger partial charge in [-0.3, -0.25) is 24.3 Å². The van der Waals surface area contributed by atoms with Crippen LogP contribution in [-0.2, 0) is 16.0 Å². The number of carboxylic acid groups (broad SMARTS) is 1. The van der Waals surface area contributed by atoms with Crippen molar-refractivity contribution >= 4 is 28.4 Å². The van der Waals surface area contributed by atoms with Crippen molar-refractivity contribution in [2.24, 2.45) is 5.92 Å². The molecular weight excluding hydrogens is 310 g/mol. The van der Waals surface area contributed by atoms with E-state index in [1.165, 1.54) is 6.92 Å². The summed E-state index contributed by atoms with van der Waals surface area (Å²) < 4.78 is 0. The fourth-order valence-electron chi connectivity index (χ4n) is 3.96. The van der Waals surface area contributed by atoms with Gasteiger partial charge in [-0.25, -0.2) is 0 Å². The summed E-state index contributed by atoms with van der Waals surface area (Å²) in [6, 6.07) is 1.38. The molecule has 2 aliphatic heterocycles. The van der Waals surface area contributed by atoms with Crippen molar-refractivity contribution < 1.29 is 19.5 Å². The van der Waals surface area contributed by atoms with E-state index in [1.54, 1.807) is 18.5 Å². The Labute approximate surface area is 137 Å². The lowest BCUT2D eigenvalue weighted by atomic mass is 9.91. The Morgan fingerprint density at radius 3 is 2.92 bits per heavy atom. The van der Waals surface area contributed by atoms with Crippen LogP contribution < -0.4 is 0 Å². The molecule has 0 aromatic carbocycles. The molecule has 2 saturated heterocycles. The Kier molecular flexibility index (Phi) is 3.28. The van der Waals surface area contributed by atoms with E-state index in [4.69, 9.17) is 0 Å². The topological polar surface area (TPSA) is 103 Å². The summed E-state index contributed by atoms with van der Waals surface area (Å²) in [7, 11) is 0. The molecule has 4 atom stereocenters. The Bertz CT molecular complexity index is 872. The van der Waals surface area contributed by atoms with Crippen LogP contribution in [0.5, 0.6) is 0 Å². The van der Waals surface area contributed by atoms with Crippen LogP contribution in [0.25, 0.3) is 10.9 Å². The summed E-state index contributed by atoms with van der Waals surface area (Å²) in [6.45, 7) is 2.25. The number of fused-ring (bicyclic) bond motifs is 2. The van der Waals surface area contributed by atoms with E-state index in [0.29, 0.717) is 23.2 Å². The molecule has 0 amide bonds. The number of rotatable bonds is 5. The van der Waals surface area contributed by atoms with Gasteiger partial charge in [0.05, 0.1) is 23.7 Å². The number of ketones is 2. The van der Waals surface area contributed by atoms with Crippen molar-refractivity contribution in [1.29, 1.82) is 0 Å². The van der Waals surface area contributed by atoms with Crippen molar-refractivity contribution in [1.82, 2.24) is 14.9 Å². The van der Waals surface area contributed by atoms with E-state index in [9.17, 15) is 19.5 Å². The van der Waals surface area contributed by atoms with Crippen molar-refractivity contribution in [3.63, 3.8) is 0 Å². The number of piperidine rings is 1. The zero-order valence-electron chi connectivity index (χ0n) is 13.2.